The molecule has 0 aliphatic carbocycles. The third-order valence-electron chi connectivity index (χ3n) is 6.43. The zero-order valence-corrected chi connectivity index (χ0v) is 24.3. The molecule has 0 heterocycles. The Morgan fingerprint density at radius 3 is 2.02 bits per heavy atom. The third kappa shape index (κ3) is 6.59. The summed E-state index contributed by atoms with van der Waals surface area (Å²) in [7, 11) is 1.32. The number of methoxy groups -OCH3 is 1. The Morgan fingerprint density at radius 2 is 1.43 bits per heavy atom. The molecule has 0 aliphatic rings. The van der Waals surface area contributed by atoms with E-state index in [2.05, 4.69) is 20.9 Å². The number of hydrogen-bond donors (Lipinski definition) is 3. The summed E-state index contributed by atoms with van der Waals surface area (Å²) < 4.78 is 5.23. The normalized spacial score (nSPS) is 11.0. The van der Waals surface area contributed by atoms with E-state index in [1.165, 1.54) is 37.4 Å². The molecule has 5 aromatic carbocycles. The highest BCUT2D eigenvalue weighted by Crippen LogP contribution is 2.41. The highest BCUT2D eigenvalue weighted by Gasteiger charge is 2.20. The molecule has 3 N–H and O–H groups in total. The van der Waals surface area contributed by atoms with Crippen LogP contribution in [0.1, 0.15) is 20.7 Å². The van der Waals surface area contributed by atoms with Gasteiger partial charge in [-0.25, -0.2) is 0 Å². The lowest BCUT2D eigenvalue weighted by molar-refractivity contribution is -0.384. The van der Waals surface area contributed by atoms with Gasteiger partial charge in [0.15, 0.2) is 11.5 Å². The topological polar surface area (TPSA) is 156 Å². The lowest BCUT2D eigenvalue weighted by Gasteiger charge is -2.13. The Bertz CT molecular complexity index is 1950. The van der Waals surface area contributed by atoms with Gasteiger partial charge in [0.05, 0.1) is 23.7 Å². The van der Waals surface area contributed by atoms with Gasteiger partial charge in [0.25, 0.3) is 17.5 Å². The summed E-state index contributed by atoms with van der Waals surface area (Å²) in [4.78, 5) is 37.0. The van der Waals surface area contributed by atoms with Gasteiger partial charge in [-0.2, -0.15) is 0 Å². The number of non-ortho nitro benzene ring substituents is 1. The number of benzene rings is 5. The molecule has 5 rings (SSSR count). The minimum absolute atomic E-state index is 0.0736. The monoisotopic (exact) mass is 629 g/mol. The van der Waals surface area contributed by atoms with Crippen LogP contribution < -0.4 is 15.4 Å². The molecule has 13 heteroatoms. The Balaban J connectivity index is 1.58. The summed E-state index contributed by atoms with van der Waals surface area (Å²) in [6.45, 7) is 0. The Labute approximate surface area is 259 Å². The first-order valence-corrected chi connectivity index (χ1v) is 13.6. The molecule has 0 spiro atoms. The summed E-state index contributed by atoms with van der Waals surface area (Å²) >= 11 is 11.9. The summed E-state index contributed by atoms with van der Waals surface area (Å²) in [5.41, 5.74) is 0.928. The number of nitro groups is 1. The molecule has 0 saturated carbocycles. The van der Waals surface area contributed by atoms with Crippen LogP contribution in [0.3, 0.4) is 0 Å². The van der Waals surface area contributed by atoms with Crippen molar-refractivity contribution < 1.29 is 24.4 Å². The van der Waals surface area contributed by atoms with Crippen molar-refractivity contribution in [2.24, 2.45) is 10.2 Å². The SMILES string of the molecule is COc1cc([N+](=O)[O-])ccc1/N=N/c1c(O)c(C(=O)Nc2ccc(Cl)cc2)cc2cc(C(=O)Nc3ccc(Cl)cc3)ccc12. The van der Waals surface area contributed by atoms with E-state index in [1.54, 1.807) is 60.7 Å². The van der Waals surface area contributed by atoms with Crippen LogP contribution in [-0.4, -0.2) is 29.0 Å². The van der Waals surface area contributed by atoms with Crippen molar-refractivity contribution in [3.8, 4) is 11.5 Å². The number of nitrogens with one attached hydrogen (secondary N) is 2. The van der Waals surface area contributed by atoms with Crippen molar-refractivity contribution >= 4 is 74.2 Å². The van der Waals surface area contributed by atoms with Crippen LogP contribution in [0.4, 0.5) is 28.4 Å². The number of aromatic hydroxyl groups is 1. The zero-order chi connectivity index (χ0) is 31.4. The van der Waals surface area contributed by atoms with E-state index in [-0.39, 0.29) is 33.9 Å². The quantitative estimate of drug-likeness (QED) is 0.0885. The highest BCUT2D eigenvalue weighted by molar-refractivity contribution is 6.31. The van der Waals surface area contributed by atoms with Crippen LogP contribution in [-0.2, 0) is 0 Å². The molecular formula is C31H21Cl2N5O6. The molecule has 0 unspecified atom stereocenters. The molecule has 0 aromatic heterocycles. The van der Waals surface area contributed by atoms with Crippen molar-refractivity contribution in [3.63, 3.8) is 0 Å². The number of nitro benzene ring substituents is 1. The standard InChI is InChI=1S/C31H21Cl2N5O6/c1-44-27-16-23(38(42)43)11-13-26(27)36-37-28-24-12-2-17(30(40)34-21-7-3-19(32)4-8-21)14-18(24)15-25(29(28)39)31(41)35-22-9-5-20(33)6-10-22/h2-16,39H,1H3,(H,34,40)(H,35,41)/b37-36+. The van der Waals surface area contributed by atoms with E-state index in [9.17, 15) is 24.8 Å². The first-order chi connectivity index (χ1) is 21.1. The smallest absolute Gasteiger partial charge is 0.273 e. The molecular weight excluding hydrogens is 609 g/mol. The van der Waals surface area contributed by atoms with E-state index in [0.717, 1.165) is 0 Å². The maximum atomic E-state index is 13.3. The highest BCUT2D eigenvalue weighted by atomic mass is 35.5. The molecule has 0 aliphatic heterocycles. The molecule has 2 amide bonds. The first-order valence-electron chi connectivity index (χ1n) is 12.8. The maximum absolute atomic E-state index is 13.3. The second-order valence-corrected chi connectivity index (χ2v) is 10.2. The molecule has 44 heavy (non-hydrogen) atoms. The van der Waals surface area contributed by atoms with E-state index in [0.29, 0.717) is 32.2 Å². The van der Waals surface area contributed by atoms with Crippen LogP contribution >= 0.6 is 23.2 Å². The number of phenolic OH excluding ortho intramolecular Hbond substituents is 1. The number of carbonyl (C=O) groups is 2. The molecule has 0 atom stereocenters. The van der Waals surface area contributed by atoms with Crippen LogP contribution in [0.15, 0.2) is 101 Å². The molecule has 0 fully saturated rings. The number of carbonyl (C=O) groups excluding carboxylic acids is 2. The van der Waals surface area contributed by atoms with Crippen LogP contribution in [0.2, 0.25) is 10.0 Å². The lowest BCUT2D eigenvalue weighted by atomic mass is 10.0. The largest absolute Gasteiger partial charge is 0.505 e. The van der Waals surface area contributed by atoms with Gasteiger partial charge < -0.3 is 20.5 Å². The molecule has 11 nitrogen and oxygen atoms in total. The number of azo groups is 1. The summed E-state index contributed by atoms with van der Waals surface area (Å²) in [5, 5.41) is 38.0. The third-order valence-corrected chi connectivity index (χ3v) is 6.93. The van der Waals surface area contributed by atoms with Gasteiger partial charge in [0.1, 0.15) is 11.4 Å². The Morgan fingerprint density at radius 1 is 0.818 bits per heavy atom. The van der Waals surface area contributed by atoms with E-state index in [1.807, 2.05) is 0 Å². The van der Waals surface area contributed by atoms with Gasteiger partial charge in [0.2, 0.25) is 0 Å². The second-order valence-electron chi connectivity index (χ2n) is 9.29. The fourth-order valence-corrected chi connectivity index (χ4v) is 4.48. The van der Waals surface area contributed by atoms with Gasteiger partial charge in [0, 0.05) is 38.4 Å². The van der Waals surface area contributed by atoms with Gasteiger partial charge in [-0.3, -0.25) is 19.7 Å². The summed E-state index contributed by atoms with van der Waals surface area (Å²) in [6.07, 6.45) is 0. The molecule has 0 saturated heterocycles. The minimum Gasteiger partial charge on any atom is -0.505 e. The number of halogens is 2. The summed E-state index contributed by atoms with van der Waals surface area (Å²) in [6, 6.07) is 22.8. The van der Waals surface area contributed by atoms with Crippen LogP contribution in [0.5, 0.6) is 11.5 Å². The Hall–Kier alpha value is -5.52. The van der Waals surface area contributed by atoms with Crippen molar-refractivity contribution in [1.82, 2.24) is 0 Å². The van der Waals surface area contributed by atoms with E-state index < -0.39 is 22.5 Å². The minimum atomic E-state index is -0.660. The number of amides is 2. The number of ether oxygens (including phenoxy) is 1. The number of phenols is 1. The summed E-state index contributed by atoms with van der Waals surface area (Å²) in [5.74, 6) is -1.49. The van der Waals surface area contributed by atoms with Gasteiger partial charge in [-0.05, 0) is 78.2 Å². The first kappa shape index (κ1) is 30.0. The van der Waals surface area contributed by atoms with Gasteiger partial charge in [-0.1, -0.05) is 29.3 Å². The maximum Gasteiger partial charge on any atom is 0.273 e. The fraction of sp³-hybridized carbons (Fsp3) is 0.0323. The number of hydrogen-bond acceptors (Lipinski definition) is 8. The number of rotatable bonds is 8. The van der Waals surface area contributed by atoms with E-state index in [4.69, 9.17) is 27.9 Å². The van der Waals surface area contributed by atoms with Crippen molar-refractivity contribution in [3.05, 3.63) is 122 Å². The molecule has 220 valence electrons. The lowest BCUT2D eigenvalue weighted by Crippen LogP contribution is -2.13. The van der Waals surface area contributed by atoms with Crippen molar-refractivity contribution in [2.75, 3.05) is 17.7 Å². The van der Waals surface area contributed by atoms with Crippen molar-refractivity contribution in [1.29, 1.82) is 0 Å². The Kier molecular flexibility index (Phi) is 8.70. The molecule has 5 aromatic rings. The average Bonchev–Trinajstić information content (AvgIpc) is 3.02. The second kappa shape index (κ2) is 12.8. The van der Waals surface area contributed by atoms with Crippen molar-refractivity contribution in [2.45, 2.75) is 0 Å². The molecule has 0 radical (unpaired) electrons. The molecule has 0 bridgehead atoms. The predicted octanol–water partition coefficient (Wildman–Crippen LogP) is 8.69. The number of nitrogens with zero attached hydrogens (tertiary/aromatic N) is 3. The van der Waals surface area contributed by atoms with Crippen LogP contribution in [0.25, 0.3) is 10.8 Å². The van der Waals surface area contributed by atoms with E-state index >= 15 is 0 Å². The number of anilines is 2. The predicted molar refractivity (Wildman–Crippen MR) is 168 cm³/mol. The van der Waals surface area contributed by atoms with Gasteiger partial charge >= 0.3 is 0 Å². The average molecular weight is 630 g/mol. The number of fused-ring (bicyclic) bond motifs is 1. The zero-order valence-electron chi connectivity index (χ0n) is 22.7. The fourth-order valence-electron chi connectivity index (χ4n) is 4.23. The van der Waals surface area contributed by atoms with Gasteiger partial charge in [-0.15, -0.1) is 10.2 Å². The van der Waals surface area contributed by atoms with Crippen LogP contribution in [0, 0.1) is 10.1 Å².